The van der Waals surface area contributed by atoms with Crippen molar-refractivity contribution in [3.05, 3.63) is 46.3 Å². The number of nitrogens with one attached hydrogen (secondary N) is 2. The molecule has 1 aliphatic carbocycles. The van der Waals surface area contributed by atoms with Gasteiger partial charge in [0, 0.05) is 17.8 Å². The van der Waals surface area contributed by atoms with Crippen molar-refractivity contribution in [3.63, 3.8) is 0 Å². The monoisotopic (exact) mass is 364 g/mol. The Morgan fingerprint density at radius 1 is 1.04 bits per heavy atom. The minimum Gasteiger partial charge on any atom is -0.348 e. The zero-order chi connectivity index (χ0) is 16.9. The van der Waals surface area contributed by atoms with Crippen LogP contribution < -0.4 is 10.6 Å². The van der Waals surface area contributed by atoms with E-state index in [4.69, 9.17) is 23.2 Å². The molecule has 0 atom stereocenters. The van der Waals surface area contributed by atoms with E-state index < -0.39 is 0 Å². The van der Waals surface area contributed by atoms with E-state index in [0.29, 0.717) is 21.6 Å². The highest BCUT2D eigenvalue weighted by atomic mass is 35.5. The van der Waals surface area contributed by atoms with Gasteiger partial charge in [-0.15, -0.1) is 0 Å². The van der Waals surface area contributed by atoms with Crippen molar-refractivity contribution < 1.29 is 4.79 Å². The maximum atomic E-state index is 12.3. The maximum absolute atomic E-state index is 12.3. The van der Waals surface area contributed by atoms with Crippen LogP contribution >= 0.6 is 23.2 Å². The average molecular weight is 365 g/mol. The number of hydrogen-bond donors (Lipinski definition) is 2. The lowest BCUT2D eigenvalue weighted by molar-refractivity contribution is 0.0922. The lowest BCUT2D eigenvalue weighted by Crippen LogP contribution is -2.36. The summed E-state index contributed by atoms with van der Waals surface area (Å²) in [5.74, 6) is 0.360. The Morgan fingerprint density at radius 3 is 2.58 bits per heavy atom. The van der Waals surface area contributed by atoms with Crippen molar-refractivity contribution >= 4 is 40.6 Å². The Hall–Kier alpha value is -1.85. The molecule has 0 spiro atoms. The fraction of sp³-hybridized carbons (Fsp3) is 0.353. The zero-order valence-electron chi connectivity index (χ0n) is 13.1. The molecular weight excluding hydrogens is 347 g/mol. The van der Waals surface area contributed by atoms with Crippen LogP contribution in [0.3, 0.4) is 0 Å². The minimum atomic E-state index is -0.165. The normalized spacial score (nSPS) is 15.1. The van der Waals surface area contributed by atoms with Crippen LogP contribution in [-0.2, 0) is 0 Å². The summed E-state index contributed by atoms with van der Waals surface area (Å²) in [4.78, 5) is 20.6. The van der Waals surface area contributed by atoms with Crippen molar-refractivity contribution in [3.8, 4) is 0 Å². The second kappa shape index (κ2) is 7.81. The van der Waals surface area contributed by atoms with Gasteiger partial charge in [0.05, 0.1) is 10.0 Å². The highest BCUT2D eigenvalue weighted by Crippen LogP contribution is 2.26. The number of halogens is 2. The molecule has 1 fully saturated rings. The smallest absolute Gasteiger partial charge is 0.270 e. The molecule has 0 aliphatic heterocycles. The molecule has 3 rings (SSSR count). The molecule has 24 heavy (non-hydrogen) atoms. The summed E-state index contributed by atoms with van der Waals surface area (Å²) >= 11 is 11.9. The van der Waals surface area contributed by atoms with Gasteiger partial charge in [0.2, 0.25) is 0 Å². The Morgan fingerprint density at radius 2 is 1.83 bits per heavy atom. The van der Waals surface area contributed by atoms with Crippen LogP contribution in [0.25, 0.3) is 0 Å². The van der Waals surface area contributed by atoms with Crippen LogP contribution in [0.5, 0.6) is 0 Å². The molecule has 2 aromatic rings. The number of aromatic nitrogens is 2. The van der Waals surface area contributed by atoms with Gasteiger partial charge in [-0.25, -0.2) is 9.97 Å². The van der Waals surface area contributed by atoms with E-state index in [-0.39, 0.29) is 11.9 Å². The summed E-state index contributed by atoms with van der Waals surface area (Å²) in [7, 11) is 0. The standard InChI is InChI=1S/C17H18Cl2N4O/c18-13-7-6-12(8-14(13)19)22-16-9-15(20-10-21-16)17(24)23-11-4-2-1-3-5-11/h6-11H,1-5H2,(H,23,24)(H,20,21,22). The maximum Gasteiger partial charge on any atom is 0.270 e. The van der Waals surface area contributed by atoms with Crippen molar-refractivity contribution in [1.29, 1.82) is 0 Å². The molecule has 1 amide bonds. The van der Waals surface area contributed by atoms with Crippen LogP contribution in [-0.4, -0.2) is 21.9 Å². The average Bonchev–Trinajstić information content (AvgIpc) is 2.59. The highest BCUT2D eigenvalue weighted by molar-refractivity contribution is 6.42. The third kappa shape index (κ3) is 4.36. The lowest BCUT2D eigenvalue weighted by Gasteiger charge is -2.22. The van der Waals surface area contributed by atoms with E-state index >= 15 is 0 Å². The lowest BCUT2D eigenvalue weighted by atomic mass is 9.95. The quantitative estimate of drug-likeness (QED) is 0.832. The topological polar surface area (TPSA) is 66.9 Å². The first-order valence-electron chi connectivity index (χ1n) is 7.97. The van der Waals surface area contributed by atoms with Crippen molar-refractivity contribution in [1.82, 2.24) is 15.3 Å². The first kappa shape index (κ1) is 17.0. The predicted octanol–water partition coefficient (Wildman–Crippen LogP) is 4.59. The van der Waals surface area contributed by atoms with Crippen molar-refractivity contribution in [2.75, 3.05) is 5.32 Å². The molecule has 2 N–H and O–H groups in total. The molecule has 7 heteroatoms. The second-order valence-electron chi connectivity index (χ2n) is 5.85. The van der Waals surface area contributed by atoms with Crippen LogP contribution in [0.15, 0.2) is 30.6 Å². The molecule has 0 unspecified atom stereocenters. The largest absolute Gasteiger partial charge is 0.348 e. The molecule has 5 nitrogen and oxygen atoms in total. The van der Waals surface area contributed by atoms with E-state index in [9.17, 15) is 4.79 Å². The molecule has 1 aromatic carbocycles. The number of anilines is 2. The molecule has 0 radical (unpaired) electrons. The number of nitrogens with zero attached hydrogens (tertiary/aromatic N) is 2. The van der Waals surface area contributed by atoms with Gasteiger partial charge in [0.25, 0.3) is 5.91 Å². The summed E-state index contributed by atoms with van der Waals surface area (Å²) in [6, 6.07) is 7.06. The first-order chi connectivity index (χ1) is 11.6. The number of carbonyl (C=O) groups excluding carboxylic acids is 1. The van der Waals surface area contributed by atoms with E-state index in [0.717, 1.165) is 18.5 Å². The summed E-state index contributed by atoms with van der Waals surface area (Å²) < 4.78 is 0. The van der Waals surface area contributed by atoms with E-state index in [2.05, 4.69) is 20.6 Å². The van der Waals surface area contributed by atoms with Crippen LogP contribution in [0.1, 0.15) is 42.6 Å². The molecular formula is C17H18Cl2N4O. The second-order valence-corrected chi connectivity index (χ2v) is 6.67. The number of rotatable bonds is 4. The van der Waals surface area contributed by atoms with Gasteiger partial charge in [-0.2, -0.15) is 0 Å². The summed E-state index contributed by atoms with van der Waals surface area (Å²) in [6.45, 7) is 0. The Balaban J connectivity index is 1.68. The minimum absolute atomic E-state index is 0.165. The SMILES string of the molecule is O=C(NC1CCCCC1)c1cc(Nc2ccc(Cl)c(Cl)c2)ncn1. The summed E-state index contributed by atoms with van der Waals surface area (Å²) in [5, 5.41) is 7.08. The van der Waals surface area contributed by atoms with E-state index in [1.54, 1.807) is 24.3 Å². The van der Waals surface area contributed by atoms with E-state index in [1.807, 2.05) is 0 Å². The summed E-state index contributed by atoms with van der Waals surface area (Å²) in [6.07, 6.45) is 7.02. The summed E-state index contributed by atoms with van der Waals surface area (Å²) in [5.41, 5.74) is 1.08. The first-order valence-corrected chi connectivity index (χ1v) is 8.72. The van der Waals surface area contributed by atoms with Crippen molar-refractivity contribution in [2.45, 2.75) is 38.1 Å². The molecule has 1 aromatic heterocycles. The Labute approximate surface area is 150 Å². The molecule has 0 saturated heterocycles. The predicted molar refractivity (Wildman–Crippen MR) is 96.1 cm³/mol. The van der Waals surface area contributed by atoms with Gasteiger partial charge in [-0.1, -0.05) is 42.5 Å². The Bertz CT molecular complexity index is 732. The van der Waals surface area contributed by atoms with Gasteiger partial charge in [0.1, 0.15) is 17.8 Å². The number of hydrogen-bond acceptors (Lipinski definition) is 4. The third-order valence-corrected chi connectivity index (χ3v) is 4.77. The fourth-order valence-corrected chi connectivity index (χ4v) is 3.08. The molecule has 126 valence electrons. The number of benzene rings is 1. The van der Waals surface area contributed by atoms with Crippen LogP contribution in [0.4, 0.5) is 11.5 Å². The number of amides is 1. The third-order valence-electron chi connectivity index (χ3n) is 4.03. The molecule has 1 heterocycles. The number of carbonyl (C=O) groups is 1. The van der Waals surface area contributed by atoms with Gasteiger partial charge < -0.3 is 10.6 Å². The van der Waals surface area contributed by atoms with Gasteiger partial charge in [-0.05, 0) is 31.0 Å². The zero-order valence-corrected chi connectivity index (χ0v) is 14.6. The van der Waals surface area contributed by atoms with Gasteiger partial charge in [0.15, 0.2) is 0 Å². The van der Waals surface area contributed by atoms with Gasteiger partial charge in [-0.3, -0.25) is 4.79 Å². The van der Waals surface area contributed by atoms with Gasteiger partial charge >= 0.3 is 0 Å². The molecule has 1 aliphatic rings. The Kier molecular flexibility index (Phi) is 5.53. The van der Waals surface area contributed by atoms with E-state index in [1.165, 1.54) is 25.6 Å². The van der Waals surface area contributed by atoms with Crippen LogP contribution in [0.2, 0.25) is 10.0 Å². The fourth-order valence-electron chi connectivity index (χ4n) is 2.78. The van der Waals surface area contributed by atoms with Crippen LogP contribution in [0, 0.1) is 0 Å². The highest BCUT2D eigenvalue weighted by Gasteiger charge is 2.17. The van der Waals surface area contributed by atoms with Crippen molar-refractivity contribution in [2.24, 2.45) is 0 Å². The molecule has 0 bridgehead atoms. The molecule has 1 saturated carbocycles.